The van der Waals surface area contributed by atoms with Crippen LogP contribution in [0.15, 0.2) is 84.5 Å². The van der Waals surface area contributed by atoms with Crippen LogP contribution in [0.4, 0.5) is 5.69 Å². The summed E-state index contributed by atoms with van der Waals surface area (Å²) in [7, 11) is 2.51. The number of benzene rings is 1. The standard InChI is InChI=1S/C22H20N2O5/c1-27-21(25)17-9-5-6-13-24(20(17)22(26)28-2)18-10-3-4-11-19(18)29-15-16-8-7-12-23-14-16/h3-14H,15H2,1-2H3. The molecule has 148 valence electrons. The minimum atomic E-state index is -0.677. The molecule has 0 spiro atoms. The SMILES string of the molecule is COC(=O)C1=C(C(=O)OC)N(c2ccccc2OCc2cccnc2)C=CC=C1. The highest BCUT2D eigenvalue weighted by molar-refractivity contribution is 6.05. The second kappa shape index (κ2) is 9.36. The summed E-state index contributed by atoms with van der Waals surface area (Å²) in [6.07, 6.45) is 9.92. The normalized spacial score (nSPS) is 13.1. The summed E-state index contributed by atoms with van der Waals surface area (Å²) in [6.45, 7) is 0.293. The van der Waals surface area contributed by atoms with Gasteiger partial charge < -0.3 is 19.1 Å². The molecule has 0 bridgehead atoms. The molecule has 1 aliphatic rings. The topological polar surface area (TPSA) is 78.0 Å². The van der Waals surface area contributed by atoms with Gasteiger partial charge in [-0.3, -0.25) is 4.98 Å². The number of hydrogen-bond acceptors (Lipinski definition) is 7. The third kappa shape index (κ3) is 4.52. The fraction of sp³-hybridized carbons (Fsp3) is 0.136. The van der Waals surface area contributed by atoms with E-state index in [2.05, 4.69) is 4.98 Å². The lowest BCUT2D eigenvalue weighted by Crippen LogP contribution is -2.27. The number of anilines is 1. The van der Waals surface area contributed by atoms with Gasteiger partial charge in [-0.1, -0.05) is 24.3 Å². The number of ether oxygens (including phenoxy) is 3. The number of allylic oxidation sites excluding steroid dienone is 2. The van der Waals surface area contributed by atoms with Gasteiger partial charge in [-0.2, -0.15) is 0 Å². The molecule has 7 heteroatoms. The van der Waals surface area contributed by atoms with E-state index >= 15 is 0 Å². The predicted molar refractivity (Wildman–Crippen MR) is 107 cm³/mol. The van der Waals surface area contributed by atoms with Crippen molar-refractivity contribution in [1.29, 1.82) is 0 Å². The van der Waals surface area contributed by atoms with Crippen molar-refractivity contribution in [3.05, 3.63) is 90.1 Å². The van der Waals surface area contributed by atoms with Crippen LogP contribution in [-0.4, -0.2) is 31.1 Å². The maximum absolute atomic E-state index is 12.6. The molecule has 1 aromatic heterocycles. The average Bonchev–Trinajstić information content (AvgIpc) is 3.00. The van der Waals surface area contributed by atoms with E-state index in [-0.39, 0.29) is 11.3 Å². The van der Waals surface area contributed by atoms with Gasteiger partial charge in [0.2, 0.25) is 0 Å². The van der Waals surface area contributed by atoms with Crippen LogP contribution in [0.3, 0.4) is 0 Å². The number of rotatable bonds is 6. The largest absolute Gasteiger partial charge is 0.487 e. The number of esters is 2. The molecule has 3 rings (SSSR count). The van der Waals surface area contributed by atoms with E-state index in [9.17, 15) is 9.59 Å². The molecule has 2 heterocycles. The third-order valence-electron chi connectivity index (χ3n) is 4.13. The van der Waals surface area contributed by atoms with Crippen molar-refractivity contribution >= 4 is 17.6 Å². The molecule has 2 aromatic rings. The number of carbonyl (C=O) groups is 2. The molecule has 29 heavy (non-hydrogen) atoms. The van der Waals surface area contributed by atoms with Gasteiger partial charge in [0.25, 0.3) is 0 Å². The van der Waals surface area contributed by atoms with Crippen LogP contribution in [-0.2, 0) is 25.7 Å². The molecule has 0 atom stereocenters. The fourth-order valence-electron chi connectivity index (χ4n) is 2.77. The van der Waals surface area contributed by atoms with Crippen molar-refractivity contribution in [3.63, 3.8) is 0 Å². The Morgan fingerprint density at radius 2 is 1.79 bits per heavy atom. The monoisotopic (exact) mass is 392 g/mol. The van der Waals surface area contributed by atoms with Crippen molar-refractivity contribution in [2.45, 2.75) is 6.61 Å². The van der Waals surface area contributed by atoms with Crippen molar-refractivity contribution in [2.24, 2.45) is 0 Å². The molecule has 0 amide bonds. The lowest BCUT2D eigenvalue weighted by atomic mass is 10.1. The molecule has 1 aromatic carbocycles. The number of nitrogens with zero attached hydrogens (tertiary/aromatic N) is 2. The van der Waals surface area contributed by atoms with Gasteiger partial charge in [0.1, 0.15) is 18.1 Å². The van der Waals surface area contributed by atoms with Crippen molar-refractivity contribution in [1.82, 2.24) is 4.98 Å². The molecule has 7 nitrogen and oxygen atoms in total. The van der Waals surface area contributed by atoms with Gasteiger partial charge in [0.15, 0.2) is 0 Å². The summed E-state index contributed by atoms with van der Waals surface area (Å²) in [5.41, 5.74) is 1.57. The minimum absolute atomic E-state index is 0.0294. The summed E-state index contributed by atoms with van der Waals surface area (Å²) in [6, 6.07) is 10.9. The van der Waals surface area contributed by atoms with E-state index < -0.39 is 11.9 Å². The number of hydrogen-bond donors (Lipinski definition) is 0. The van der Waals surface area contributed by atoms with E-state index in [1.54, 1.807) is 47.8 Å². The summed E-state index contributed by atoms with van der Waals surface area (Å²) >= 11 is 0. The summed E-state index contributed by atoms with van der Waals surface area (Å²) in [5, 5.41) is 0. The van der Waals surface area contributed by atoms with Gasteiger partial charge in [-0.25, -0.2) is 9.59 Å². The zero-order valence-corrected chi connectivity index (χ0v) is 16.1. The molecular formula is C22H20N2O5. The Hall–Kier alpha value is -3.87. The van der Waals surface area contributed by atoms with Crippen LogP contribution in [0.1, 0.15) is 5.56 Å². The number of para-hydroxylation sites is 2. The Kier molecular flexibility index (Phi) is 6.42. The number of aromatic nitrogens is 1. The highest BCUT2D eigenvalue weighted by atomic mass is 16.5. The van der Waals surface area contributed by atoms with Crippen LogP contribution in [0.5, 0.6) is 5.75 Å². The lowest BCUT2D eigenvalue weighted by molar-refractivity contribution is -0.139. The smallest absolute Gasteiger partial charge is 0.355 e. The van der Waals surface area contributed by atoms with Crippen molar-refractivity contribution in [2.75, 3.05) is 19.1 Å². The predicted octanol–water partition coefficient (Wildman–Crippen LogP) is 3.15. The molecular weight excluding hydrogens is 372 g/mol. The van der Waals surface area contributed by atoms with E-state index in [1.165, 1.54) is 20.3 Å². The highest BCUT2D eigenvalue weighted by Crippen LogP contribution is 2.34. The molecule has 0 unspecified atom stereocenters. The lowest BCUT2D eigenvalue weighted by Gasteiger charge is -2.25. The maximum atomic E-state index is 12.6. The molecule has 0 radical (unpaired) electrons. The first kappa shape index (κ1) is 19.9. The maximum Gasteiger partial charge on any atom is 0.355 e. The second-order valence-electron chi connectivity index (χ2n) is 5.93. The molecule has 1 aliphatic heterocycles. The van der Waals surface area contributed by atoms with Gasteiger partial charge in [-0.15, -0.1) is 0 Å². The van der Waals surface area contributed by atoms with E-state index in [0.717, 1.165) is 5.56 Å². The van der Waals surface area contributed by atoms with Crippen LogP contribution in [0.25, 0.3) is 0 Å². The number of carbonyl (C=O) groups excluding carboxylic acids is 2. The highest BCUT2D eigenvalue weighted by Gasteiger charge is 2.28. The first-order valence-corrected chi connectivity index (χ1v) is 8.81. The molecule has 0 saturated carbocycles. The Labute approximate surface area is 168 Å². The Morgan fingerprint density at radius 1 is 1.00 bits per heavy atom. The molecule has 0 N–H and O–H groups in total. The van der Waals surface area contributed by atoms with Crippen molar-refractivity contribution < 1.29 is 23.8 Å². The zero-order valence-electron chi connectivity index (χ0n) is 16.1. The third-order valence-corrected chi connectivity index (χ3v) is 4.13. The van der Waals surface area contributed by atoms with Crippen LogP contribution in [0.2, 0.25) is 0 Å². The minimum Gasteiger partial charge on any atom is -0.487 e. The van der Waals surface area contributed by atoms with Gasteiger partial charge >= 0.3 is 11.9 Å². The Balaban J connectivity index is 2.03. The quantitative estimate of drug-likeness (QED) is 0.699. The Bertz CT molecular complexity index is 980. The van der Waals surface area contributed by atoms with Gasteiger partial charge in [0.05, 0.1) is 25.5 Å². The summed E-state index contributed by atoms with van der Waals surface area (Å²) in [4.78, 5) is 30.5. The van der Waals surface area contributed by atoms with Gasteiger partial charge in [0, 0.05) is 24.2 Å². The van der Waals surface area contributed by atoms with Crippen molar-refractivity contribution in [3.8, 4) is 5.75 Å². The van der Waals surface area contributed by atoms with E-state index in [4.69, 9.17) is 14.2 Å². The van der Waals surface area contributed by atoms with E-state index in [1.807, 2.05) is 24.3 Å². The average molecular weight is 392 g/mol. The molecule has 0 saturated heterocycles. The van der Waals surface area contributed by atoms with E-state index in [0.29, 0.717) is 18.0 Å². The molecule has 0 aliphatic carbocycles. The van der Waals surface area contributed by atoms with Crippen LogP contribution in [0, 0.1) is 0 Å². The number of pyridine rings is 1. The second-order valence-corrected chi connectivity index (χ2v) is 5.93. The first-order chi connectivity index (χ1) is 14.2. The summed E-state index contributed by atoms with van der Waals surface area (Å²) in [5.74, 6) is -0.804. The zero-order chi connectivity index (χ0) is 20.6. The van der Waals surface area contributed by atoms with Crippen LogP contribution < -0.4 is 9.64 Å². The first-order valence-electron chi connectivity index (χ1n) is 8.81. The number of methoxy groups -OCH3 is 2. The molecule has 0 fully saturated rings. The van der Waals surface area contributed by atoms with Crippen LogP contribution >= 0.6 is 0 Å². The van der Waals surface area contributed by atoms with Gasteiger partial charge in [-0.05, 0) is 30.4 Å². The Morgan fingerprint density at radius 3 is 2.52 bits per heavy atom. The fourth-order valence-corrected chi connectivity index (χ4v) is 2.77. The summed E-state index contributed by atoms with van der Waals surface area (Å²) < 4.78 is 15.7.